The van der Waals surface area contributed by atoms with Crippen molar-refractivity contribution >= 4 is 24.7 Å². The van der Waals surface area contributed by atoms with Crippen LogP contribution < -0.4 is 5.32 Å². The molecule has 2 aliphatic rings. The van der Waals surface area contributed by atoms with Gasteiger partial charge in [0.15, 0.2) is 6.10 Å². The molecule has 0 bridgehead atoms. The Balaban J connectivity index is 0.00000144. The Morgan fingerprint density at radius 2 is 2.18 bits per heavy atom. The van der Waals surface area contributed by atoms with E-state index in [0.717, 1.165) is 25.7 Å². The van der Waals surface area contributed by atoms with Gasteiger partial charge in [0.25, 0.3) is 0 Å². The standard InChI is InChI=1S/C11H18N2O3.ClH/c14-10(8-3-1-2-4-8)11(15)16-9-5-12-7-13-6-9;/h7-10,14H,1-6H2,(H,12,13);1H. The zero-order chi connectivity index (χ0) is 11.4. The first-order valence-electron chi connectivity index (χ1n) is 5.87. The number of aliphatic hydroxyl groups is 1. The van der Waals surface area contributed by atoms with E-state index < -0.39 is 12.1 Å². The number of halogens is 1. The number of nitrogens with one attached hydrogen (secondary N) is 1. The fraction of sp³-hybridized carbons (Fsp3) is 0.818. The zero-order valence-corrected chi connectivity index (χ0v) is 10.5. The highest BCUT2D eigenvalue weighted by Gasteiger charge is 2.31. The lowest BCUT2D eigenvalue weighted by molar-refractivity contribution is -0.161. The monoisotopic (exact) mass is 262 g/mol. The van der Waals surface area contributed by atoms with E-state index >= 15 is 0 Å². The van der Waals surface area contributed by atoms with Crippen molar-refractivity contribution in [2.24, 2.45) is 10.9 Å². The van der Waals surface area contributed by atoms with Crippen molar-refractivity contribution in [3.63, 3.8) is 0 Å². The zero-order valence-electron chi connectivity index (χ0n) is 9.67. The Bertz CT molecular complexity index is 280. The number of rotatable bonds is 3. The van der Waals surface area contributed by atoms with Crippen LogP contribution in [-0.2, 0) is 9.53 Å². The van der Waals surface area contributed by atoms with Gasteiger partial charge in [-0.1, -0.05) is 12.8 Å². The maximum Gasteiger partial charge on any atom is 0.335 e. The summed E-state index contributed by atoms with van der Waals surface area (Å²) in [5, 5.41) is 12.7. The number of carbonyl (C=O) groups is 1. The molecule has 98 valence electrons. The van der Waals surface area contributed by atoms with E-state index in [-0.39, 0.29) is 24.4 Å². The van der Waals surface area contributed by atoms with Crippen LogP contribution in [0.5, 0.6) is 0 Å². The van der Waals surface area contributed by atoms with Gasteiger partial charge in [-0.25, -0.2) is 4.79 Å². The molecule has 6 heteroatoms. The first-order chi connectivity index (χ1) is 7.77. The molecule has 5 nitrogen and oxygen atoms in total. The van der Waals surface area contributed by atoms with E-state index in [1.807, 2.05) is 0 Å². The highest BCUT2D eigenvalue weighted by molar-refractivity contribution is 5.85. The van der Waals surface area contributed by atoms with E-state index in [4.69, 9.17) is 4.74 Å². The van der Waals surface area contributed by atoms with Crippen LogP contribution in [0, 0.1) is 5.92 Å². The molecule has 2 atom stereocenters. The average Bonchev–Trinajstić information content (AvgIpc) is 2.83. The summed E-state index contributed by atoms with van der Waals surface area (Å²) in [6.07, 6.45) is 4.48. The summed E-state index contributed by atoms with van der Waals surface area (Å²) in [7, 11) is 0. The van der Waals surface area contributed by atoms with Gasteiger partial charge in [0.1, 0.15) is 6.10 Å². The molecule has 1 aliphatic heterocycles. The van der Waals surface area contributed by atoms with Gasteiger partial charge in [-0.15, -0.1) is 12.4 Å². The third-order valence-electron chi connectivity index (χ3n) is 3.21. The molecule has 1 fully saturated rings. The smallest absolute Gasteiger partial charge is 0.335 e. The molecule has 2 rings (SSSR count). The van der Waals surface area contributed by atoms with Crippen LogP contribution >= 0.6 is 12.4 Å². The molecule has 0 spiro atoms. The average molecular weight is 263 g/mol. The van der Waals surface area contributed by atoms with E-state index in [1.165, 1.54) is 0 Å². The Hall–Kier alpha value is -0.810. The SMILES string of the molecule is Cl.O=C(OC1CN=CNC1)C(O)C1CCCC1. The lowest BCUT2D eigenvalue weighted by atomic mass is 10.0. The number of nitrogens with zero attached hydrogens (tertiary/aromatic N) is 1. The number of esters is 1. The van der Waals surface area contributed by atoms with Gasteiger partial charge in [-0.3, -0.25) is 4.99 Å². The van der Waals surface area contributed by atoms with Crippen LogP contribution in [0.25, 0.3) is 0 Å². The summed E-state index contributed by atoms with van der Waals surface area (Å²) in [6.45, 7) is 1.06. The van der Waals surface area contributed by atoms with Crippen molar-refractivity contribution in [1.29, 1.82) is 0 Å². The number of hydrogen-bond donors (Lipinski definition) is 2. The molecule has 0 aromatic rings. The first-order valence-corrected chi connectivity index (χ1v) is 5.87. The van der Waals surface area contributed by atoms with Gasteiger partial charge in [0.2, 0.25) is 0 Å². The normalized spacial score (nSPS) is 25.8. The maximum atomic E-state index is 11.6. The topological polar surface area (TPSA) is 70.9 Å². The molecular formula is C11H19ClN2O3. The van der Waals surface area contributed by atoms with Crippen LogP contribution in [-0.4, -0.2) is 42.7 Å². The highest BCUT2D eigenvalue weighted by atomic mass is 35.5. The molecule has 0 radical (unpaired) electrons. The second-order valence-electron chi connectivity index (χ2n) is 4.45. The Kier molecular flexibility index (Phi) is 5.71. The van der Waals surface area contributed by atoms with Crippen molar-refractivity contribution in [1.82, 2.24) is 5.32 Å². The number of hydrogen-bond acceptors (Lipinski definition) is 5. The van der Waals surface area contributed by atoms with Crippen molar-refractivity contribution < 1.29 is 14.6 Å². The maximum absolute atomic E-state index is 11.6. The largest absolute Gasteiger partial charge is 0.457 e. The van der Waals surface area contributed by atoms with Crippen LogP contribution in [0.1, 0.15) is 25.7 Å². The van der Waals surface area contributed by atoms with Crippen molar-refractivity contribution in [2.45, 2.75) is 37.9 Å². The quantitative estimate of drug-likeness (QED) is 0.727. The van der Waals surface area contributed by atoms with Gasteiger partial charge in [-0.2, -0.15) is 0 Å². The minimum Gasteiger partial charge on any atom is -0.457 e. The summed E-state index contributed by atoms with van der Waals surface area (Å²) < 4.78 is 5.20. The lowest BCUT2D eigenvalue weighted by Crippen LogP contribution is -2.40. The van der Waals surface area contributed by atoms with Gasteiger partial charge in [-0.05, 0) is 18.8 Å². The summed E-state index contributed by atoms with van der Waals surface area (Å²) in [5.41, 5.74) is 0. The minimum absolute atomic E-state index is 0. The molecule has 2 unspecified atom stereocenters. The van der Waals surface area contributed by atoms with Crippen LogP contribution in [0.4, 0.5) is 0 Å². The molecule has 1 aliphatic carbocycles. The van der Waals surface area contributed by atoms with E-state index in [1.54, 1.807) is 6.34 Å². The predicted molar refractivity (Wildman–Crippen MR) is 66.5 cm³/mol. The lowest BCUT2D eigenvalue weighted by Gasteiger charge is -2.22. The van der Waals surface area contributed by atoms with E-state index in [9.17, 15) is 9.90 Å². The number of aliphatic imine (C=N–C) groups is 1. The van der Waals surface area contributed by atoms with Gasteiger partial charge in [0, 0.05) is 0 Å². The van der Waals surface area contributed by atoms with Crippen molar-refractivity contribution in [2.75, 3.05) is 13.1 Å². The van der Waals surface area contributed by atoms with Crippen molar-refractivity contribution in [3.05, 3.63) is 0 Å². The molecule has 17 heavy (non-hydrogen) atoms. The molecule has 1 heterocycles. The van der Waals surface area contributed by atoms with Crippen LogP contribution in [0.15, 0.2) is 4.99 Å². The summed E-state index contributed by atoms with van der Waals surface area (Å²) >= 11 is 0. The van der Waals surface area contributed by atoms with Gasteiger partial charge in [0.05, 0.1) is 19.4 Å². The minimum atomic E-state index is -0.951. The summed E-state index contributed by atoms with van der Waals surface area (Å²) in [4.78, 5) is 15.6. The summed E-state index contributed by atoms with van der Waals surface area (Å²) in [6, 6.07) is 0. The molecule has 1 saturated carbocycles. The van der Waals surface area contributed by atoms with Gasteiger partial charge >= 0.3 is 5.97 Å². The second-order valence-corrected chi connectivity index (χ2v) is 4.45. The predicted octanol–water partition coefficient (Wildman–Crippen LogP) is 0.503. The highest BCUT2D eigenvalue weighted by Crippen LogP contribution is 2.28. The Morgan fingerprint density at radius 1 is 1.47 bits per heavy atom. The van der Waals surface area contributed by atoms with E-state index in [2.05, 4.69) is 10.3 Å². The number of ether oxygens (including phenoxy) is 1. The molecule has 0 aromatic carbocycles. The molecule has 0 saturated heterocycles. The van der Waals surface area contributed by atoms with Crippen LogP contribution in [0.3, 0.4) is 0 Å². The number of carbonyl (C=O) groups excluding carboxylic acids is 1. The fourth-order valence-corrected chi connectivity index (χ4v) is 2.26. The first kappa shape index (κ1) is 14.3. The molecule has 0 amide bonds. The van der Waals surface area contributed by atoms with Gasteiger partial charge < -0.3 is 15.2 Å². The summed E-state index contributed by atoms with van der Waals surface area (Å²) in [5.74, 6) is -0.400. The molecular weight excluding hydrogens is 244 g/mol. The van der Waals surface area contributed by atoms with Crippen molar-refractivity contribution in [3.8, 4) is 0 Å². The number of aliphatic hydroxyl groups excluding tert-OH is 1. The third-order valence-corrected chi connectivity index (χ3v) is 3.21. The third kappa shape index (κ3) is 3.85. The molecule has 2 N–H and O–H groups in total. The molecule has 0 aromatic heterocycles. The Labute approximate surface area is 107 Å². The van der Waals surface area contributed by atoms with Crippen LogP contribution in [0.2, 0.25) is 0 Å². The Morgan fingerprint density at radius 3 is 2.76 bits per heavy atom. The second kappa shape index (κ2) is 6.81. The fourth-order valence-electron chi connectivity index (χ4n) is 2.26. The van der Waals surface area contributed by atoms with E-state index in [0.29, 0.717) is 13.1 Å².